The van der Waals surface area contributed by atoms with E-state index in [1.165, 1.54) is 13.3 Å². The third-order valence-electron chi connectivity index (χ3n) is 3.33. The maximum absolute atomic E-state index is 11.7. The molecule has 0 saturated carbocycles. The van der Waals surface area contributed by atoms with E-state index in [1.807, 2.05) is 24.3 Å². The number of carbonyl (C=O) groups is 1. The van der Waals surface area contributed by atoms with Gasteiger partial charge in [0.05, 0.1) is 11.0 Å². The summed E-state index contributed by atoms with van der Waals surface area (Å²) in [4.78, 5) is 19.1. The molecule has 2 aromatic heterocycles. The molecule has 2 heterocycles. The second-order valence-electron chi connectivity index (χ2n) is 4.76. The van der Waals surface area contributed by atoms with Crippen LogP contribution in [0, 0.1) is 12.1 Å². The average molecular weight is 270 g/mol. The van der Waals surface area contributed by atoms with Gasteiger partial charge in [-0.2, -0.15) is 0 Å². The highest BCUT2D eigenvalue weighted by Crippen LogP contribution is 2.12. The van der Waals surface area contributed by atoms with Crippen LogP contribution in [0.15, 0.2) is 30.6 Å². The number of Topliss-reactive ketones (excluding diaryl/α,β-unsaturated/α-hetero) is 1. The largest absolute Gasteiger partial charge is 0.710 e. The molecule has 20 heavy (non-hydrogen) atoms. The number of ketones is 1. The summed E-state index contributed by atoms with van der Waals surface area (Å²) in [6.45, 7) is 3.58. The summed E-state index contributed by atoms with van der Waals surface area (Å²) >= 11 is 0. The van der Waals surface area contributed by atoms with Crippen molar-refractivity contribution in [3.05, 3.63) is 53.0 Å². The lowest BCUT2D eigenvalue weighted by Gasteiger charge is -1.97. The van der Waals surface area contributed by atoms with Gasteiger partial charge in [0.1, 0.15) is 12.4 Å². The van der Waals surface area contributed by atoms with Crippen molar-refractivity contribution in [3.63, 3.8) is 0 Å². The highest BCUT2D eigenvalue weighted by atomic mass is 16.5. The molecule has 0 radical (unpaired) electrons. The minimum Gasteiger partial charge on any atom is -0.710 e. The van der Waals surface area contributed by atoms with Crippen molar-refractivity contribution in [3.8, 4) is 0 Å². The number of nitrogens with one attached hydrogen (secondary N) is 1. The Kier molecular flexibility index (Phi) is 2.78. The highest BCUT2D eigenvalue weighted by molar-refractivity contribution is 5.91. The van der Waals surface area contributed by atoms with Crippen LogP contribution in [0.5, 0.6) is 0 Å². The van der Waals surface area contributed by atoms with Crippen molar-refractivity contribution in [1.29, 1.82) is 0 Å². The summed E-state index contributed by atoms with van der Waals surface area (Å²) in [6, 6.07) is 7.73. The van der Waals surface area contributed by atoms with E-state index in [0.717, 1.165) is 16.9 Å². The predicted molar refractivity (Wildman–Crippen MR) is 73.3 cm³/mol. The Morgan fingerprint density at radius 1 is 1.45 bits per heavy atom. The smallest absolute Gasteiger partial charge is 0.248 e. The normalized spacial score (nSPS) is 11.1. The maximum atomic E-state index is 11.7. The first-order chi connectivity index (χ1) is 9.56. The van der Waals surface area contributed by atoms with E-state index in [1.54, 1.807) is 11.5 Å². The third-order valence-corrected chi connectivity index (χ3v) is 3.33. The molecular weight excluding hydrogens is 256 g/mol. The van der Waals surface area contributed by atoms with Gasteiger partial charge in [-0.25, -0.2) is 14.3 Å². The lowest BCUT2D eigenvalue weighted by Crippen LogP contribution is -2.30. The zero-order chi connectivity index (χ0) is 14.3. The first-order valence-electron chi connectivity index (χ1n) is 6.29. The van der Waals surface area contributed by atoms with Gasteiger partial charge in [-0.15, -0.1) is 0 Å². The van der Waals surface area contributed by atoms with Crippen molar-refractivity contribution in [2.75, 3.05) is 0 Å². The zero-order valence-electron chi connectivity index (χ0n) is 11.3. The van der Waals surface area contributed by atoms with Gasteiger partial charge in [-0.1, -0.05) is 12.1 Å². The van der Waals surface area contributed by atoms with Gasteiger partial charge >= 0.3 is 0 Å². The molecular formula is C14H14N4O2. The number of hydrogen-bond donors (Lipinski definition) is 1. The quantitative estimate of drug-likeness (QED) is 0.445. The van der Waals surface area contributed by atoms with Crippen LogP contribution in [-0.2, 0) is 6.54 Å². The van der Waals surface area contributed by atoms with Gasteiger partial charge in [-0.3, -0.25) is 4.79 Å². The van der Waals surface area contributed by atoms with Crippen LogP contribution in [0.4, 0.5) is 0 Å². The molecule has 0 unspecified atom stereocenters. The van der Waals surface area contributed by atoms with Crippen LogP contribution in [0.3, 0.4) is 0 Å². The van der Waals surface area contributed by atoms with Crippen molar-refractivity contribution in [2.24, 2.45) is 0 Å². The summed E-state index contributed by atoms with van der Waals surface area (Å²) in [5.41, 5.74) is 2.66. The first kappa shape index (κ1) is 12.4. The molecule has 0 spiro atoms. The van der Waals surface area contributed by atoms with Gasteiger partial charge in [0.25, 0.3) is 0 Å². The van der Waals surface area contributed by atoms with E-state index in [0.29, 0.717) is 17.0 Å². The standard InChI is InChI=1S/C14H14N4O2/c1-9-14(10(2)19)18(20)8-17(9)7-13-15-11-5-3-4-6-12(11)16-13/h3-6,8H,7H2,1-2H3,(H,15,16). The number of para-hydroxylation sites is 2. The van der Waals surface area contributed by atoms with E-state index in [2.05, 4.69) is 9.97 Å². The van der Waals surface area contributed by atoms with Crippen LogP contribution in [0.1, 0.15) is 28.9 Å². The minimum absolute atomic E-state index is 0.182. The van der Waals surface area contributed by atoms with E-state index in [4.69, 9.17) is 0 Å². The van der Waals surface area contributed by atoms with Crippen LogP contribution < -0.4 is 4.73 Å². The molecule has 1 aromatic carbocycles. The summed E-state index contributed by atoms with van der Waals surface area (Å²) in [5, 5.41) is 11.7. The fourth-order valence-corrected chi connectivity index (χ4v) is 2.38. The van der Waals surface area contributed by atoms with Gasteiger partial charge in [0.2, 0.25) is 17.8 Å². The topological polar surface area (TPSA) is 77.6 Å². The summed E-state index contributed by atoms with van der Waals surface area (Å²) in [5.74, 6) is 0.515. The zero-order valence-corrected chi connectivity index (χ0v) is 11.3. The second-order valence-corrected chi connectivity index (χ2v) is 4.76. The molecule has 0 aliphatic rings. The van der Waals surface area contributed by atoms with Crippen LogP contribution >= 0.6 is 0 Å². The first-order valence-corrected chi connectivity index (χ1v) is 6.29. The lowest BCUT2D eigenvalue weighted by atomic mass is 10.2. The minimum atomic E-state index is -0.235. The van der Waals surface area contributed by atoms with Crippen molar-refractivity contribution in [1.82, 2.24) is 14.5 Å². The Bertz CT molecular complexity index is 768. The molecule has 0 aliphatic carbocycles. The summed E-state index contributed by atoms with van der Waals surface area (Å²) in [7, 11) is 0. The van der Waals surface area contributed by atoms with E-state index in [9.17, 15) is 10.0 Å². The molecule has 3 aromatic rings. The summed E-state index contributed by atoms with van der Waals surface area (Å²) < 4.78 is 2.34. The number of imidazole rings is 2. The van der Waals surface area contributed by atoms with Crippen LogP contribution in [0.2, 0.25) is 0 Å². The van der Waals surface area contributed by atoms with Crippen molar-refractivity contribution < 1.29 is 9.52 Å². The monoisotopic (exact) mass is 270 g/mol. The SMILES string of the molecule is CC(=O)c1c(C)n(Cc2nc3ccccc3[nH]2)c[n+]1[O-]. The number of fused-ring (bicyclic) bond motifs is 1. The Morgan fingerprint density at radius 3 is 2.85 bits per heavy atom. The van der Waals surface area contributed by atoms with E-state index >= 15 is 0 Å². The van der Waals surface area contributed by atoms with Crippen molar-refractivity contribution in [2.45, 2.75) is 20.4 Å². The predicted octanol–water partition coefficient (Wildman–Crippen LogP) is 1.56. The van der Waals surface area contributed by atoms with Gasteiger partial charge in [-0.05, 0) is 12.1 Å². The van der Waals surface area contributed by atoms with Crippen LogP contribution in [-0.4, -0.2) is 20.3 Å². The molecule has 1 N–H and O–H groups in total. The third kappa shape index (κ3) is 1.95. The number of aromatic amines is 1. The molecule has 0 saturated heterocycles. The van der Waals surface area contributed by atoms with Gasteiger partial charge < -0.3 is 10.2 Å². The Hall–Kier alpha value is -2.63. The van der Waals surface area contributed by atoms with Crippen molar-refractivity contribution >= 4 is 16.8 Å². The number of carbonyl (C=O) groups excluding carboxylic acids is 1. The fourth-order valence-electron chi connectivity index (χ4n) is 2.38. The number of rotatable bonds is 3. The summed E-state index contributed by atoms with van der Waals surface area (Å²) in [6.07, 6.45) is 1.37. The number of benzene rings is 1. The Labute approximate surface area is 115 Å². The lowest BCUT2D eigenvalue weighted by molar-refractivity contribution is -0.607. The molecule has 6 heteroatoms. The molecule has 0 atom stereocenters. The van der Waals surface area contributed by atoms with Gasteiger partial charge in [0.15, 0.2) is 5.69 Å². The number of nitrogens with zero attached hydrogens (tertiary/aromatic N) is 3. The molecule has 3 rings (SSSR count). The Balaban J connectivity index is 1.99. The molecule has 6 nitrogen and oxygen atoms in total. The molecule has 0 amide bonds. The van der Waals surface area contributed by atoms with Crippen LogP contribution in [0.25, 0.3) is 11.0 Å². The van der Waals surface area contributed by atoms with Gasteiger partial charge in [0, 0.05) is 13.8 Å². The Morgan fingerprint density at radius 2 is 2.20 bits per heavy atom. The average Bonchev–Trinajstić information content (AvgIpc) is 2.90. The van der Waals surface area contributed by atoms with E-state index < -0.39 is 0 Å². The highest BCUT2D eigenvalue weighted by Gasteiger charge is 2.20. The second kappa shape index (κ2) is 4.48. The van der Waals surface area contributed by atoms with E-state index in [-0.39, 0.29) is 11.5 Å². The fraction of sp³-hybridized carbons (Fsp3) is 0.214. The number of aromatic nitrogens is 4. The number of hydrogen-bond acceptors (Lipinski definition) is 3. The molecule has 0 bridgehead atoms. The molecule has 102 valence electrons. The number of H-pyrrole nitrogens is 1. The molecule has 0 aliphatic heterocycles. The molecule has 0 fully saturated rings. The maximum Gasteiger partial charge on any atom is 0.248 e.